The number of ether oxygens (including phenoxy) is 2. The van der Waals surface area contributed by atoms with Crippen LogP contribution in [0.2, 0.25) is 0 Å². The molecule has 1 rings (SSSR count). The molecule has 20 heavy (non-hydrogen) atoms. The largest absolute Gasteiger partial charge is 0.573 e. The van der Waals surface area contributed by atoms with Crippen LogP contribution in [-0.2, 0) is 12.6 Å². The number of methoxy groups -OCH3 is 1. The molecule has 10 heteroatoms. The van der Waals surface area contributed by atoms with Gasteiger partial charge in [-0.25, -0.2) is 4.98 Å². The van der Waals surface area contributed by atoms with Crippen molar-refractivity contribution in [3.63, 3.8) is 0 Å². The minimum Gasteiger partial charge on any atom is -0.492 e. The average Bonchev–Trinajstić information content (AvgIpc) is 2.26. The molecule has 0 atom stereocenters. The van der Waals surface area contributed by atoms with E-state index in [0.29, 0.717) is 6.20 Å². The molecule has 1 heterocycles. The molecule has 110 valence electrons. The molecule has 0 spiro atoms. The minimum atomic E-state index is -5.36. The topological polar surface area (TPSA) is 55.1 Å². The van der Waals surface area contributed by atoms with E-state index in [1.807, 2.05) is 0 Å². The van der Waals surface area contributed by atoms with Gasteiger partial charge in [-0.1, -0.05) is 0 Å². The van der Waals surface area contributed by atoms with E-state index in [1.54, 1.807) is 6.07 Å². The first-order valence-electron chi connectivity index (χ1n) is 4.86. The zero-order valence-corrected chi connectivity index (χ0v) is 9.76. The molecule has 1 aromatic heterocycles. The van der Waals surface area contributed by atoms with Crippen molar-refractivity contribution in [2.45, 2.75) is 19.0 Å². The van der Waals surface area contributed by atoms with E-state index in [9.17, 15) is 26.3 Å². The van der Waals surface area contributed by atoms with Crippen molar-refractivity contribution in [3.05, 3.63) is 17.5 Å². The van der Waals surface area contributed by atoms with Gasteiger partial charge in [-0.2, -0.15) is 18.4 Å². The predicted molar refractivity (Wildman–Crippen MR) is 51.8 cm³/mol. The quantitative estimate of drug-likeness (QED) is 0.805. The summed E-state index contributed by atoms with van der Waals surface area (Å²) in [6.07, 6.45) is -10.4. The summed E-state index contributed by atoms with van der Waals surface area (Å²) >= 11 is 0. The van der Waals surface area contributed by atoms with E-state index in [2.05, 4.69) is 14.5 Å². The van der Waals surface area contributed by atoms with E-state index in [-0.39, 0.29) is 5.56 Å². The predicted octanol–water partition coefficient (Wildman–Crippen LogP) is 3.07. The highest BCUT2D eigenvalue weighted by Crippen LogP contribution is 2.44. The Kier molecular flexibility index (Phi) is 4.32. The van der Waals surface area contributed by atoms with Crippen molar-refractivity contribution < 1.29 is 35.8 Å². The zero-order chi connectivity index (χ0) is 15.6. The second kappa shape index (κ2) is 5.44. The maximum absolute atomic E-state index is 12.6. The summed E-state index contributed by atoms with van der Waals surface area (Å²) in [5.41, 5.74) is -2.13. The lowest BCUT2D eigenvalue weighted by molar-refractivity contribution is -0.277. The fourth-order valence-corrected chi connectivity index (χ4v) is 1.36. The Labute approximate surface area is 108 Å². The highest BCUT2D eigenvalue weighted by atomic mass is 19.4. The third-order valence-electron chi connectivity index (χ3n) is 2.02. The van der Waals surface area contributed by atoms with Crippen molar-refractivity contribution in [1.29, 1.82) is 5.26 Å². The lowest BCUT2D eigenvalue weighted by atomic mass is 10.1. The van der Waals surface area contributed by atoms with Gasteiger partial charge in [-0.3, -0.25) is 0 Å². The monoisotopic (exact) mass is 300 g/mol. The number of alkyl halides is 6. The summed E-state index contributed by atoms with van der Waals surface area (Å²) in [7, 11) is 0.861. The lowest BCUT2D eigenvalue weighted by Gasteiger charge is -2.18. The highest BCUT2D eigenvalue weighted by Gasteiger charge is 2.43. The highest BCUT2D eigenvalue weighted by molar-refractivity contribution is 5.50. The van der Waals surface area contributed by atoms with Crippen LogP contribution < -0.4 is 9.47 Å². The maximum atomic E-state index is 12.6. The molecular formula is C10H6F6N2O2. The third-order valence-corrected chi connectivity index (χ3v) is 2.02. The molecule has 0 radical (unpaired) electrons. The summed E-state index contributed by atoms with van der Waals surface area (Å²) in [4.78, 5) is 2.88. The molecule has 0 amide bonds. The summed E-state index contributed by atoms with van der Waals surface area (Å²) in [5, 5.41) is 8.47. The number of hydrogen-bond donors (Lipinski definition) is 0. The second-order valence-corrected chi connectivity index (χ2v) is 3.37. The molecule has 0 saturated heterocycles. The van der Waals surface area contributed by atoms with Gasteiger partial charge in [0.05, 0.1) is 19.6 Å². The van der Waals surface area contributed by atoms with Gasteiger partial charge in [0.2, 0.25) is 5.75 Å². The van der Waals surface area contributed by atoms with Crippen molar-refractivity contribution >= 4 is 0 Å². The normalized spacial score (nSPS) is 11.9. The minimum absolute atomic E-state index is 0.248. The van der Waals surface area contributed by atoms with Crippen LogP contribution in [0.3, 0.4) is 0 Å². The van der Waals surface area contributed by atoms with Crippen LogP contribution >= 0.6 is 0 Å². The zero-order valence-electron chi connectivity index (χ0n) is 9.76. The van der Waals surface area contributed by atoms with Crippen LogP contribution in [0.25, 0.3) is 0 Å². The van der Waals surface area contributed by atoms with E-state index in [4.69, 9.17) is 5.26 Å². The fourth-order valence-electron chi connectivity index (χ4n) is 1.36. The van der Waals surface area contributed by atoms with Crippen LogP contribution in [0, 0.1) is 11.3 Å². The van der Waals surface area contributed by atoms with Gasteiger partial charge in [0.15, 0.2) is 11.4 Å². The lowest BCUT2D eigenvalue weighted by Crippen LogP contribution is -2.22. The SMILES string of the molecule is COc1c(CC#N)cnc(C(F)(F)F)c1OC(F)(F)F. The number of pyridine rings is 1. The summed E-state index contributed by atoms with van der Waals surface area (Å²) in [6, 6.07) is 1.57. The first-order chi connectivity index (χ1) is 9.10. The molecule has 1 aromatic rings. The number of halogens is 6. The Morgan fingerprint density at radius 3 is 2.20 bits per heavy atom. The van der Waals surface area contributed by atoms with Crippen LogP contribution in [0.15, 0.2) is 6.20 Å². The molecule has 0 unspecified atom stereocenters. The van der Waals surface area contributed by atoms with Crippen molar-refractivity contribution in [1.82, 2.24) is 4.98 Å². The van der Waals surface area contributed by atoms with Crippen LogP contribution in [0.1, 0.15) is 11.3 Å². The van der Waals surface area contributed by atoms with Crippen molar-refractivity contribution in [2.75, 3.05) is 7.11 Å². The van der Waals surface area contributed by atoms with Gasteiger partial charge in [0.1, 0.15) is 0 Å². The Hall–Kier alpha value is -2.18. The van der Waals surface area contributed by atoms with E-state index < -0.39 is 36.2 Å². The average molecular weight is 300 g/mol. The van der Waals surface area contributed by atoms with E-state index >= 15 is 0 Å². The van der Waals surface area contributed by atoms with Gasteiger partial charge in [0.25, 0.3) is 0 Å². The molecule has 0 aliphatic heterocycles. The van der Waals surface area contributed by atoms with Crippen LogP contribution in [0.5, 0.6) is 11.5 Å². The molecule has 0 bridgehead atoms. The molecule has 0 saturated carbocycles. The summed E-state index contributed by atoms with van der Waals surface area (Å²) in [5.74, 6) is -2.44. The Balaban J connectivity index is 3.52. The van der Waals surface area contributed by atoms with Crippen LogP contribution in [-0.4, -0.2) is 18.5 Å². The number of aromatic nitrogens is 1. The van der Waals surface area contributed by atoms with E-state index in [1.165, 1.54) is 0 Å². The summed E-state index contributed by atoms with van der Waals surface area (Å²) < 4.78 is 82.3. The van der Waals surface area contributed by atoms with Crippen molar-refractivity contribution in [3.8, 4) is 17.6 Å². The number of nitrogens with zero attached hydrogens (tertiary/aromatic N) is 2. The first kappa shape index (κ1) is 15.9. The van der Waals surface area contributed by atoms with Crippen LogP contribution in [0.4, 0.5) is 26.3 Å². The number of rotatable bonds is 3. The molecule has 0 N–H and O–H groups in total. The molecular weight excluding hydrogens is 294 g/mol. The Morgan fingerprint density at radius 1 is 1.20 bits per heavy atom. The smallest absolute Gasteiger partial charge is 0.492 e. The maximum Gasteiger partial charge on any atom is 0.573 e. The standard InChI is InChI=1S/C10H6F6N2O2/c1-19-6-5(2-3-17)4-18-8(9(11,12)13)7(6)20-10(14,15)16/h4H,2H2,1H3. The Morgan fingerprint density at radius 2 is 1.80 bits per heavy atom. The summed E-state index contributed by atoms with van der Waals surface area (Å²) in [6.45, 7) is 0. The van der Waals surface area contributed by atoms with Gasteiger partial charge in [0, 0.05) is 11.8 Å². The molecule has 0 aromatic carbocycles. The molecule has 0 aliphatic rings. The van der Waals surface area contributed by atoms with Gasteiger partial charge in [-0.15, -0.1) is 13.2 Å². The number of nitriles is 1. The molecule has 0 aliphatic carbocycles. The van der Waals surface area contributed by atoms with Gasteiger partial charge >= 0.3 is 12.5 Å². The van der Waals surface area contributed by atoms with E-state index in [0.717, 1.165) is 7.11 Å². The molecule has 0 fully saturated rings. The second-order valence-electron chi connectivity index (χ2n) is 3.37. The first-order valence-corrected chi connectivity index (χ1v) is 4.86. The Bertz CT molecular complexity index is 532. The fraction of sp³-hybridized carbons (Fsp3) is 0.400. The van der Waals surface area contributed by atoms with Gasteiger partial charge < -0.3 is 9.47 Å². The number of hydrogen-bond acceptors (Lipinski definition) is 4. The van der Waals surface area contributed by atoms with Gasteiger partial charge in [-0.05, 0) is 0 Å². The third kappa shape index (κ3) is 3.66. The molecule has 4 nitrogen and oxygen atoms in total. The van der Waals surface area contributed by atoms with Crippen molar-refractivity contribution in [2.24, 2.45) is 0 Å².